The average Bonchev–Trinajstić information content (AvgIpc) is 2.79. The van der Waals surface area contributed by atoms with Crippen molar-refractivity contribution in [3.05, 3.63) is 94.8 Å². The Morgan fingerprint density at radius 1 is 0.969 bits per heavy atom. The molecule has 0 unspecified atom stereocenters. The molecule has 3 aromatic carbocycles. The number of esters is 1. The summed E-state index contributed by atoms with van der Waals surface area (Å²) in [5, 5.41) is 3.21. The van der Waals surface area contributed by atoms with E-state index in [1.54, 1.807) is 54.6 Å². The van der Waals surface area contributed by atoms with Crippen LogP contribution in [0.1, 0.15) is 18.1 Å². The van der Waals surface area contributed by atoms with Gasteiger partial charge >= 0.3 is 5.97 Å². The van der Waals surface area contributed by atoms with Gasteiger partial charge in [-0.25, -0.2) is 9.18 Å². The second kappa shape index (κ2) is 11.1. The molecule has 0 saturated heterocycles. The molecule has 0 atom stereocenters. The number of benzene rings is 3. The maximum absolute atomic E-state index is 13.3. The molecule has 0 fully saturated rings. The van der Waals surface area contributed by atoms with E-state index >= 15 is 0 Å². The third kappa shape index (κ3) is 6.68. The van der Waals surface area contributed by atoms with E-state index in [-0.39, 0.29) is 5.57 Å². The summed E-state index contributed by atoms with van der Waals surface area (Å²) in [5.74, 6) is -0.947. The number of nitrogens with one attached hydrogen (secondary N) is 1. The van der Waals surface area contributed by atoms with Gasteiger partial charge in [0, 0.05) is 10.7 Å². The molecule has 0 aliphatic rings. The Labute approximate surface area is 190 Å². The van der Waals surface area contributed by atoms with Gasteiger partial charge in [-0.2, -0.15) is 0 Å². The summed E-state index contributed by atoms with van der Waals surface area (Å²) < 4.78 is 23.9. The fourth-order valence-electron chi connectivity index (χ4n) is 2.82. The van der Waals surface area contributed by atoms with E-state index in [1.165, 1.54) is 24.3 Å². The van der Waals surface area contributed by atoms with Crippen LogP contribution in [-0.4, -0.2) is 25.1 Å². The van der Waals surface area contributed by atoms with E-state index in [0.717, 1.165) is 0 Å². The summed E-state index contributed by atoms with van der Waals surface area (Å²) in [5.41, 5.74) is 1.88. The van der Waals surface area contributed by atoms with Gasteiger partial charge in [-0.15, -0.1) is 0 Å². The van der Waals surface area contributed by atoms with Crippen molar-refractivity contribution >= 4 is 40.8 Å². The van der Waals surface area contributed by atoms with Gasteiger partial charge in [-0.3, -0.25) is 4.79 Å². The molecule has 0 heterocycles. The van der Waals surface area contributed by atoms with Crippen molar-refractivity contribution in [2.45, 2.75) is 6.92 Å². The van der Waals surface area contributed by atoms with E-state index in [1.807, 2.05) is 6.92 Å². The molecule has 0 bridgehead atoms. The summed E-state index contributed by atoms with van der Waals surface area (Å²) in [6.45, 7) is 1.94. The smallest absolute Gasteiger partial charge is 0.339 e. The maximum atomic E-state index is 13.3. The largest absolute Gasteiger partial charge is 0.494 e. The van der Waals surface area contributed by atoms with Crippen LogP contribution in [0.3, 0.4) is 0 Å². The number of hydrogen-bond donors (Lipinski definition) is 1. The van der Waals surface area contributed by atoms with Crippen LogP contribution in [0, 0.1) is 5.82 Å². The van der Waals surface area contributed by atoms with Crippen LogP contribution in [0.25, 0.3) is 11.6 Å². The minimum atomic E-state index is -0.714. The maximum Gasteiger partial charge on any atom is 0.339 e. The Morgan fingerprint density at radius 3 is 2.25 bits per heavy atom. The first-order valence-corrected chi connectivity index (χ1v) is 10.3. The fraction of sp³-hybridized carbons (Fsp3) is 0.120. The molecule has 0 radical (unpaired) electrons. The molecule has 5 nitrogen and oxygen atoms in total. The third-order valence-electron chi connectivity index (χ3n) is 4.34. The Bertz CT molecular complexity index is 1090. The molecule has 3 aromatic rings. The van der Waals surface area contributed by atoms with Gasteiger partial charge in [-0.1, -0.05) is 35.9 Å². The van der Waals surface area contributed by atoms with Gasteiger partial charge in [0.15, 0.2) is 6.61 Å². The quantitative estimate of drug-likeness (QED) is 0.274. The number of anilines is 1. The van der Waals surface area contributed by atoms with Crippen LogP contribution in [0.2, 0.25) is 5.02 Å². The van der Waals surface area contributed by atoms with Crippen LogP contribution in [-0.2, 0) is 14.3 Å². The second-order valence-corrected chi connectivity index (χ2v) is 7.13. The minimum absolute atomic E-state index is 0.182. The highest BCUT2D eigenvalue weighted by atomic mass is 35.5. The molecular weight excluding hydrogens is 433 g/mol. The van der Waals surface area contributed by atoms with Gasteiger partial charge in [0.1, 0.15) is 11.6 Å². The SMILES string of the molecule is CCOc1ccc(NC(=O)COC(=O)C(=Cc2ccc(Cl)cc2)c2ccc(F)cc2)cc1. The van der Waals surface area contributed by atoms with E-state index in [4.69, 9.17) is 21.1 Å². The molecule has 32 heavy (non-hydrogen) atoms. The highest BCUT2D eigenvalue weighted by Gasteiger charge is 2.16. The number of amides is 1. The van der Waals surface area contributed by atoms with E-state index < -0.39 is 24.3 Å². The van der Waals surface area contributed by atoms with E-state index in [9.17, 15) is 14.0 Å². The normalized spacial score (nSPS) is 11.0. The van der Waals surface area contributed by atoms with E-state index in [0.29, 0.717) is 34.2 Å². The lowest BCUT2D eigenvalue weighted by Crippen LogP contribution is -2.21. The van der Waals surface area contributed by atoms with Crippen LogP contribution >= 0.6 is 11.6 Å². The Balaban J connectivity index is 1.69. The molecule has 0 spiro atoms. The average molecular weight is 454 g/mol. The topological polar surface area (TPSA) is 64.6 Å². The highest BCUT2D eigenvalue weighted by Crippen LogP contribution is 2.22. The zero-order valence-electron chi connectivity index (χ0n) is 17.3. The monoisotopic (exact) mass is 453 g/mol. The molecule has 0 aliphatic carbocycles. The van der Waals surface area contributed by atoms with Crippen LogP contribution in [0.4, 0.5) is 10.1 Å². The van der Waals surface area contributed by atoms with Crippen molar-refractivity contribution in [3.8, 4) is 5.75 Å². The standard InChI is InChI=1S/C25H21ClFNO4/c1-2-31-22-13-11-21(12-14-22)28-24(29)16-32-25(30)23(18-5-9-20(27)10-6-18)15-17-3-7-19(26)8-4-17/h3-15H,2,16H2,1H3,(H,28,29). The fourth-order valence-corrected chi connectivity index (χ4v) is 2.95. The van der Waals surface area contributed by atoms with Gasteiger partial charge < -0.3 is 14.8 Å². The van der Waals surface area contributed by atoms with Crippen LogP contribution in [0.5, 0.6) is 5.75 Å². The Kier molecular flexibility index (Phi) is 8.00. The summed E-state index contributed by atoms with van der Waals surface area (Å²) in [6.07, 6.45) is 1.59. The zero-order chi connectivity index (χ0) is 22.9. The number of halogens is 2. The first kappa shape index (κ1) is 23.0. The summed E-state index contributed by atoms with van der Waals surface area (Å²) in [7, 11) is 0. The van der Waals surface area contributed by atoms with Crippen LogP contribution in [0.15, 0.2) is 72.8 Å². The van der Waals surface area contributed by atoms with Gasteiger partial charge in [0.2, 0.25) is 0 Å². The van der Waals surface area contributed by atoms with Crippen molar-refractivity contribution < 1.29 is 23.5 Å². The summed E-state index contributed by atoms with van der Waals surface area (Å²) >= 11 is 5.92. The molecule has 0 saturated carbocycles. The molecule has 0 aliphatic heterocycles. The molecule has 7 heteroatoms. The zero-order valence-corrected chi connectivity index (χ0v) is 18.1. The van der Waals surface area contributed by atoms with E-state index in [2.05, 4.69) is 5.32 Å². The Morgan fingerprint density at radius 2 is 1.62 bits per heavy atom. The van der Waals surface area contributed by atoms with Crippen molar-refractivity contribution in [3.63, 3.8) is 0 Å². The van der Waals surface area contributed by atoms with Crippen molar-refractivity contribution in [1.82, 2.24) is 0 Å². The summed E-state index contributed by atoms with van der Waals surface area (Å²) in [6, 6.07) is 19.1. The molecule has 164 valence electrons. The molecule has 1 amide bonds. The first-order valence-electron chi connectivity index (χ1n) is 9.87. The van der Waals surface area contributed by atoms with Crippen molar-refractivity contribution in [1.29, 1.82) is 0 Å². The lowest BCUT2D eigenvalue weighted by Gasteiger charge is -2.10. The van der Waals surface area contributed by atoms with Crippen molar-refractivity contribution in [2.24, 2.45) is 0 Å². The minimum Gasteiger partial charge on any atom is -0.494 e. The number of hydrogen-bond acceptors (Lipinski definition) is 4. The lowest BCUT2D eigenvalue weighted by atomic mass is 10.0. The number of rotatable bonds is 8. The second-order valence-electron chi connectivity index (χ2n) is 6.70. The predicted octanol–water partition coefficient (Wildman–Crippen LogP) is 5.60. The van der Waals surface area contributed by atoms with Gasteiger partial charge in [-0.05, 0) is 72.7 Å². The van der Waals surface area contributed by atoms with Gasteiger partial charge in [0.25, 0.3) is 5.91 Å². The molecular formula is C25H21ClFNO4. The number of carbonyl (C=O) groups is 2. The molecule has 3 rings (SSSR count). The number of ether oxygens (including phenoxy) is 2. The van der Waals surface area contributed by atoms with Gasteiger partial charge in [0.05, 0.1) is 12.2 Å². The number of carbonyl (C=O) groups excluding carboxylic acids is 2. The van der Waals surface area contributed by atoms with Crippen LogP contribution < -0.4 is 10.1 Å². The first-order chi connectivity index (χ1) is 15.4. The highest BCUT2D eigenvalue weighted by molar-refractivity contribution is 6.30. The third-order valence-corrected chi connectivity index (χ3v) is 4.59. The van der Waals surface area contributed by atoms with Crippen molar-refractivity contribution in [2.75, 3.05) is 18.5 Å². The molecule has 0 aromatic heterocycles. The lowest BCUT2D eigenvalue weighted by molar-refractivity contribution is -0.141. The summed E-state index contributed by atoms with van der Waals surface area (Å²) in [4.78, 5) is 25.0. The predicted molar refractivity (Wildman–Crippen MR) is 123 cm³/mol. The Hall–Kier alpha value is -3.64. The molecule has 1 N–H and O–H groups in total.